The van der Waals surface area contributed by atoms with Gasteiger partial charge in [-0.3, -0.25) is 24.7 Å². The Hall–Kier alpha value is -3.28. The first-order valence-electron chi connectivity index (χ1n) is 17.0. The monoisotopic (exact) mass is 656 g/mol. The van der Waals surface area contributed by atoms with Gasteiger partial charge >= 0.3 is 6.09 Å². The first-order chi connectivity index (χ1) is 22.2. The Morgan fingerprint density at radius 3 is 2.28 bits per heavy atom. The van der Waals surface area contributed by atoms with E-state index in [1.165, 1.54) is 4.90 Å². The highest BCUT2D eigenvalue weighted by Gasteiger charge is 2.56. The summed E-state index contributed by atoms with van der Waals surface area (Å²) in [7, 11) is 0. The van der Waals surface area contributed by atoms with Crippen LogP contribution in [-0.2, 0) is 28.7 Å². The Bertz CT molecular complexity index is 1220. The maximum atomic E-state index is 15.3. The van der Waals surface area contributed by atoms with Crippen LogP contribution in [0.3, 0.4) is 0 Å². The molecule has 0 saturated carbocycles. The molecule has 262 valence electrons. The quantitative estimate of drug-likeness (QED) is 0.134. The summed E-state index contributed by atoms with van der Waals surface area (Å²) >= 11 is 0. The van der Waals surface area contributed by atoms with Crippen LogP contribution in [0.1, 0.15) is 99.0 Å². The molecule has 3 amide bonds. The fourth-order valence-electron chi connectivity index (χ4n) is 6.78. The van der Waals surface area contributed by atoms with Gasteiger partial charge in [-0.2, -0.15) is 0 Å². The molecule has 1 aromatic carbocycles. The van der Waals surface area contributed by atoms with Crippen LogP contribution in [0.5, 0.6) is 0 Å². The van der Waals surface area contributed by atoms with Crippen LogP contribution >= 0.6 is 0 Å². The molecule has 4 N–H and O–H groups in total. The van der Waals surface area contributed by atoms with Crippen LogP contribution in [0, 0.1) is 29.1 Å². The van der Waals surface area contributed by atoms with Gasteiger partial charge in [-0.25, -0.2) is 21.0 Å². The van der Waals surface area contributed by atoms with Gasteiger partial charge in [0.2, 0.25) is 11.8 Å². The molecule has 3 rings (SSSR count). The van der Waals surface area contributed by atoms with Crippen molar-refractivity contribution in [2.24, 2.45) is 34.9 Å². The summed E-state index contributed by atoms with van der Waals surface area (Å²) in [6, 6.07) is 8.60. The van der Waals surface area contributed by atoms with Crippen molar-refractivity contribution in [3.05, 3.63) is 42.0 Å². The molecule has 47 heavy (non-hydrogen) atoms. The second-order valence-corrected chi connectivity index (χ2v) is 14.7. The average Bonchev–Trinajstić information content (AvgIpc) is 3.51. The highest BCUT2D eigenvalue weighted by Crippen LogP contribution is 2.47. The van der Waals surface area contributed by atoms with E-state index in [-0.39, 0.29) is 30.5 Å². The van der Waals surface area contributed by atoms with E-state index in [1.54, 1.807) is 26.8 Å². The molecular formula is C36H56N4O7. The van der Waals surface area contributed by atoms with Gasteiger partial charge < -0.3 is 9.47 Å². The molecule has 1 aromatic rings. The molecule has 2 saturated heterocycles. The Kier molecular flexibility index (Phi) is 14.0. The minimum absolute atomic E-state index is 0.0232. The van der Waals surface area contributed by atoms with Crippen molar-refractivity contribution in [1.29, 1.82) is 0 Å². The number of hydroxylamine groups is 1. The lowest BCUT2D eigenvalue weighted by molar-refractivity contribution is -0.205. The number of nitrogens with two attached hydrogens (primary N) is 1. The molecule has 0 spiro atoms. The highest BCUT2D eigenvalue weighted by atomic mass is 16.8. The third kappa shape index (κ3) is 10.6. The number of allylic oxidation sites excluding steroid dienone is 1. The van der Waals surface area contributed by atoms with E-state index < -0.39 is 53.1 Å². The fourth-order valence-corrected chi connectivity index (χ4v) is 6.78. The van der Waals surface area contributed by atoms with E-state index in [2.05, 4.69) is 10.9 Å². The number of ketones is 1. The van der Waals surface area contributed by atoms with Crippen molar-refractivity contribution < 1.29 is 33.5 Å². The van der Waals surface area contributed by atoms with Crippen LogP contribution in [-0.4, -0.2) is 59.7 Å². The summed E-state index contributed by atoms with van der Waals surface area (Å²) in [5.41, 5.74) is 3.37. The summed E-state index contributed by atoms with van der Waals surface area (Å²) < 4.78 is 11.4. The third-order valence-electron chi connectivity index (χ3n) is 8.63. The largest absolute Gasteiger partial charge is 0.444 e. The number of hydrogen-bond donors (Lipinski definition) is 3. The number of Topliss-reactive ketones (excluding diaryl/α,β-unsaturated/α-hetero) is 1. The van der Waals surface area contributed by atoms with Crippen molar-refractivity contribution in [3.8, 4) is 0 Å². The van der Waals surface area contributed by atoms with Crippen LogP contribution in [0.25, 0.3) is 6.08 Å². The predicted molar refractivity (Wildman–Crippen MR) is 180 cm³/mol. The highest BCUT2D eigenvalue weighted by molar-refractivity contribution is 6.00. The molecule has 0 aromatic heterocycles. The van der Waals surface area contributed by atoms with Crippen molar-refractivity contribution in [1.82, 2.24) is 15.8 Å². The maximum Gasteiger partial charge on any atom is 0.410 e. The van der Waals surface area contributed by atoms with Gasteiger partial charge in [0, 0.05) is 19.6 Å². The van der Waals surface area contributed by atoms with Gasteiger partial charge in [0.05, 0.1) is 23.3 Å². The molecule has 0 aliphatic carbocycles. The van der Waals surface area contributed by atoms with E-state index in [9.17, 15) is 14.4 Å². The summed E-state index contributed by atoms with van der Waals surface area (Å²) in [6.45, 7) is 14.0. The molecule has 2 heterocycles. The van der Waals surface area contributed by atoms with E-state index in [0.717, 1.165) is 18.4 Å². The normalized spacial score (nSPS) is 21.4. The van der Waals surface area contributed by atoms with Crippen LogP contribution < -0.4 is 16.7 Å². The summed E-state index contributed by atoms with van der Waals surface area (Å²) in [6.07, 6.45) is 6.22. The molecule has 11 heteroatoms. The number of hydrogen-bond acceptors (Lipinski definition) is 8. The molecule has 0 radical (unpaired) electrons. The minimum Gasteiger partial charge on any atom is -0.444 e. The van der Waals surface area contributed by atoms with E-state index >= 15 is 4.79 Å². The number of carbonyl (C=O) groups excluding carboxylic acids is 4. The topological polar surface area (TPSA) is 149 Å². The molecule has 5 atom stereocenters. The second-order valence-electron chi connectivity index (χ2n) is 14.7. The Morgan fingerprint density at radius 1 is 1.00 bits per heavy atom. The molecule has 11 nitrogen and oxygen atoms in total. The summed E-state index contributed by atoms with van der Waals surface area (Å²) in [5.74, 6) is 1.89. The molecular weight excluding hydrogens is 600 g/mol. The van der Waals surface area contributed by atoms with E-state index in [4.69, 9.17) is 20.2 Å². The average molecular weight is 657 g/mol. The van der Waals surface area contributed by atoms with Crippen LogP contribution in [0.15, 0.2) is 36.4 Å². The number of ether oxygens (including phenoxy) is 2. The molecule has 2 fully saturated rings. The number of nitrogens with one attached hydrogen (secondary N) is 2. The zero-order chi connectivity index (χ0) is 34.8. The van der Waals surface area contributed by atoms with Crippen molar-refractivity contribution in [2.45, 2.75) is 111 Å². The standard InChI is InChI=1S/C36H56N4O7/c1-24(2)22-27(32(42)38-37)30(33(43)39-47-29-17-11-12-21-45-29)36(23-25(3)4,19-18-26-14-9-8-10-15-26)31(41)28-16-13-20-40(28)34(44)46-35(5,6)7/h8-10,14-15,18-19,24-25,27-30H,11-13,16-17,20-23,37H2,1-7H3,(H,38,42)(H,39,43)/b19-18+/t27-,28-,29?,30-,36?/m1/s1. The van der Waals surface area contributed by atoms with Crippen LogP contribution in [0.2, 0.25) is 0 Å². The maximum absolute atomic E-state index is 15.3. The zero-order valence-electron chi connectivity index (χ0n) is 29.3. The first kappa shape index (κ1) is 38.2. The SMILES string of the molecule is CC(C)C[C@@H](C(=O)NN)[C@H](C(=O)NOC1CCCCO1)C(/C=C/c1ccccc1)(CC(C)C)C(=O)[C@H]1CCCN1C(=O)OC(C)(C)C. The summed E-state index contributed by atoms with van der Waals surface area (Å²) in [4.78, 5) is 64.3. The van der Waals surface area contributed by atoms with Gasteiger partial charge in [0.25, 0.3) is 0 Å². The Labute approximate surface area is 280 Å². The predicted octanol–water partition coefficient (Wildman–Crippen LogP) is 5.54. The number of hydrazine groups is 1. The smallest absolute Gasteiger partial charge is 0.410 e. The van der Waals surface area contributed by atoms with Crippen LogP contribution in [0.4, 0.5) is 4.79 Å². The lowest BCUT2D eigenvalue weighted by atomic mass is 9.59. The van der Waals surface area contributed by atoms with Gasteiger partial charge in [-0.05, 0) is 76.7 Å². The minimum atomic E-state index is -1.55. The van der Waals surface area contributed by atoms with Crippen molar-refractivity contribution in [3.63, 3.8) is 0 Å². The number of carbonyl (C=O) groups is 4. The second kappa shape index (κ2) is 17.2. The molecule has 2 aliphatic rings. The number of likely N-dealkylation sites (tertiary alicyclic amines) is 1. The van der Waals surface area contributed by atoms with E-state index in [1.807, 2.05) is 64.1 Å². The Balaban J connectivity index is 2.25. The molecule has 0 bridgehead atoms. The number of rotatable bonds is 14. The third-order valence-corrected chi connectivity index (χ3v) is 8.63. The lowest BCUT2D eigenvalue weighted by Gasteiger charge is -2.44. The molecule has 2 unspecified atom stereocenters. The van der Waals surface area contributed by atoms with Crippen molar-refractivity contribution >= 4 is 29.8 Å². The number of nitrogens with zero attached hydrogens (tertiary/aromatic N) is 1. The first-order valence-corrected chi connectivity index (χ1v) is 17.0. The number of amides is 3. The Morgan fingerprint density at radius 2 is 1.70 bits per heavy atom. The lowest BCUT2D eigenvalue weighted by Crippen LogP contribution is -2.58. The van der Waals surface area contributed by atoms with Gasteiger partial charge in [0.1, 0.15) is 5.60 Å². The van der Waals surface area contributed by atoms with Crippen molar-refractivity contribution in [2.75, 3.05) is 13.2 Å². The zero-order valence-corrected chi connectivity index (χ0v) is 29.3. The van der Waals surface area contributed by atoms with Gasteiger partial charge in [-0.15, -0.1) is 0 Å². The molecule has 2 aliphatic heterocycles. The van der Waals surface area contributed by atoms with Gasteiger partial charge in [-0.1, -0.05) is 70.2 Å². The number of benzene rings is 1. The van der Waals surface area contributed by atoms with Gasteiger partial charge in [0.15, 0.2) is 12.1 Å². The van der Waals surface area contributed by atoms with E-state index in [0.29, 0.717) is 32.4 Å². The fraction of sp³-hybridized carbons (Fsp3) is 0.667. The summed E-state index contributed by atoms with van der Waals surface area (Å²) in [5, 5.41) is 0.